The summed E-state index contributed by atoms with van der Waals surface area (Å²) in [6.07, 6.45) is 7.94. The van der Waals surface area contributed by atoms with E-state index in [2.05, 4.69) is 33.0 Å². The molecule has 236 valence electrons. The molecule has 4 amide bonds. The smallest absolute Gasteiger partial charge is 0.315 e. The van der Waals surface area contributed by atoms with Crippen LogP contribution < -0.4 is 21.3 Å². The van der Waals surface area contributed by atoms with Crippen LogP contribution in [0.4, 0.5) is 4.79 Å². The van der Waals surface area contributed by atoms with Crippen LogP contribution in [0.3, 0.4) is 0 Å². The lowest BCUT2D eigenvalue weighted by Gasteiger charge is -2.16. The van der Waals surface area contributed by atoms with Crippen molar-refractivity contribution in [2.24, 2.45) is 4.99 Å². The van der Waals surface area contributed by atoms with Crippen molar-refractivity contribution in [3.05, 3.63) is 0 Å². The molecule has 2 rings (SSSR count). The lowest BCUT2D eigenvalue weighted by Crippen LogP contribution is -2.36. The Hall–Kier alpha value is -1.93. The molecule has 4 N–H and O–H groups in total. The van der Waals surface area contributed by atoms with Crippen molar-refractivity contribution in [3.8, 4) is 0 Å². The van der Waals surface area contributed by atoms with Crippen LogP contribution >= 0.6 is 11.8 Å². The van der Waals surface area contributed by atoms with Crippen LogP contribution in [0, 0.1) is 0 Å². The second kappa shape index (κ2) is 23.6. The fourth-order valence-corrected chi connectivity index (χ4v) is 6.11. The van der Waals surface area contributed by atoms with E-state index >= 15 is 0 Å². The lowest BCUT2D eigenvalue weighted by molar-refractivity contribution is -0.122. The van der Waals surface area contributed by atoms with Gasteiger partial charge in [-0.05, 0) is 32.4 Å². The highest BCUT2D eigenvalue weighted by atomic mass is 32.2. The molecule has 0 aliphatic carbocycles. The Balaban J connectivity index is 1.23. The van der Waals surface area contributed by atoms with Crippen molar-refractivity contribution in [1.29, 1.82) is 0 Å². The first-order chi connectivity index (χ1) is 20.1. The van der Waals surface area contributed by atoms with Gasteiger partial charge in [-0.25, -0.2) is 4.79 Å². The van der Waals surface area contributed by atoms with Crippen LogP contribution in [0.2, 0.25) is 0 Å². The van der Waals surface area contributed by atoms with Gasteiger partial charge in [0, 0.05) is 43.5 Å². The van der Waals surface area contributed by atoms with Gasteiger partial charge >= 0.3 is 6.03 Å². The zero-order chi connectivity index (χ0) is 29.4. The number of aliphatic imine (C=N–C) groups is 1. The molecule has 3 unspecified atom stereocenters. The number of nitrogens with zero attached hydrogens (tertiary/aromatic N) is 1. The van der Waals surface area contributed by atoms with E-state index < -0.39 is 0 Å². The number of urea groups is 1. The predicted octanol–water partition coefficient (Wildman–Crippen LogP) is 1.66. The number of amides is 4. The van der Waals surface area contributed by atoms with Crippen LogP contribution in [0.5, 0.6) is 0 Å². The van der Waals surface area contributed by atoms with Gasteiger partial charge in [0.1, 0.15) is 0 Å². The quantitative estimate of drug-likeness (QED) is 0.0631. The number of thioether (sulfide) groups is 1. The number of ether oxygens (including phenoxy) is 4. The van der Waals surface area contributed by atoms with Gasteiger partial charge in [-0.2, -0.15) is 11.8 Å². The monoisotopic (exact) mass is 601 g/mol. The van der Waals surface area contributed by atoms with Crippen LogP contribution in [-0.4, -0.2) is 120 Å². The molecule has 2 heterocycles. The number of nitrogens with one attached hydrogen (secondary N) is 4. The Labute approximate surface area is 249 Å². The van der Waals surface area contributed by atoms with E-state index in [0.717, 1.165) is 57.2 Å². The Kier molecular flexibility index (Phi) is 20.3. The maximum Gasteiger partial charge on any atom is 0.315 e. The highest BCUT2D eigenvalue weighted by molar-refractivity contribution is 8.00. The average Bonchev–Trinajstić information content (AvgIpc) is 3.51. The number of carbonyl (C=O) groups excluding carboxylic acids is 3. The van der Waals surface area contributed by atoms with Gasteiger partial charge in [0.2, 0.25) is 11.8 Å². The van der Waals surface area contributed by atoms with Crippen LogP contribution in [0.25, 0.3) is 0 Å². The zero-order valence-electron chi connectivity index (χ0n) is 24.5. The van der Waals surface area contributed by atoms with E-state index in [0.29, 0.717) is 84.0 Å². The molecule has 0 radical (unpaired) electrons. The molecule has 2 saturated heterocycles. The topological polar surface area (TPSA) is 149 Å². The summed E-state index contributed by atoms with van der Waals surface area (Å²) in [6, 6.07) is 0.414. The largest absolute Gasteiger partial charge is 0.379 e. The van der Waals surface area contributed by atoms with Crippen molar-refractivity contribution >= 4 is 36.3 Å². The summed E-state index contributed by atoms with van der Waals surface area (Å²) in [4.78, 5) is 39.0. The molecule has 12 nitrogen and oxygen atoms in total. The number of hydrogen-bond acceptors (Lipinski definition) is 9. The van der Waals surface area contributed by atoms with Crippen LogP contribution in [0.1, 0.15) is 57.8 Å². The van der Waals surface area contributed by atoms with Gasteiger partial charge in [0.05, 0.1) is 64.9 Å². The minimum absolute atomic E-state index is 0.0138. The van der Waals surface area contributed by atoms with Crippen LogP contribution in [0.15, 0.2) is 4.99 Å². The Morgan fingerprint density at radius 3 is 2.15 bits per heavy atom. The highest BCUT2D eigenvalue weighted by Crippen LogP contribution is 2.33. The fraction of sp³-hybridized carbons (Fsp3) is 0.857. The van der Waals surface area contributed by atoms with Gasteiger partial charge in [0.25, 0.3) is 0 Å². The first-order valence-electron chi connectivity index (χ1n) is 15.1. The van der Waals surface area contributed by atoms with E-state index in [1.807, 2.05) is 11.8 Å². The summed E-state index contributed by atoms with van der Waals surface area (Å²) >= 11 is 1.90. The molecule has 3 atom stereocenters. The van der Waals surface area contributed by atoms with Gasteiger partial charge in [0.15, 0.2) is 0 Å². The number of hydrogen-bond donors (Lipinski definition) is 4. The molecule has 0 aromatic heterocycles. The van der Waals surface area contributed by atoms with Gasteiger partial charge in [-0.1, -0.05) is 19.3 Å². The predicted molar refractivity (Wildman–Crippen MR) is 161 cm³/mol. The molecule has 0 saturated carbocycles. The lowest BCUT2D eigenvalue weighted by atomic mass is 10.0. The number of rotatable bonds is 27. The van der Waals surface area contributed by atoms with Crippen LogP contribution in [-0.2, 0) is 28.5 Å². The number of unbranched alkanes of at least 4 members (excludes halogenated alkanes) is 4. The molecule has 0 spiro atoms. The summed E-state index contributed by atoms with van der Waals surface area (Å²) in [7, 11) is 0. The second-order valence-corrected chi connectivity index (χ2v) is 11.4. The molecule has 2 aliphatic rings. The molecule has 13 heteroatoms. The highest BCUT2D eigenvalue weighted by Gasteiger charge is 2.42. The first kappa shape index (κ1) is 35.3. The van der Waals surface area contributed by atoms with E-state index in [1.165, 1.54) is 0 Å². The number of carbonyl (C=O) groups is 3. The minimum Gasteiger partial charge on any atom is -0.379 e. The van der Waals surface area contributed by atoms with Crippen molar-refractivity contribution in [2.75, 3.05) is 78.2 Å². The molecular formula is C28H51N5O7S. The van der Waals surface area contributed by atoms with E-state index in [-0.39, 0.29) is 29.9 Å². The van der Waals surface area contributed by atoms with Crippen molar-refractivity contribution < 1.29 is 33.3 Å². The maximum atomic E-state index is 12.0. The second-order valence-electron chi connectivity index (χ2n) is 10.1. The third-order valence-corrected chi connectivity index (χ3v) is 8.31. The van der Waals surface area contributed by atoms with Crippen molar-refractivity contribution in [1.82, 2.24) is 21.3 Å². The Morgan fingerprint density at radius 1 is 0.780 bits per heavy atom. The van der Waals surface area contributed by atoms with E-state index in [9.17, 15) is 14.4 Å². The van der Waals surface area contributed by atoms with Gasteiger partial charge < -0.3 is 45.2 Å². The molecule has 0 bridgehead atoms. The van der Waals surface area contributed by atoms with Crippen molar-refractivity contribution in [3.63, 3.8) is 0 Å². The molecule has 2 fully saturated rings. The standard InChI is InChI=1S/C28H51N5O7S/c1-29-11-6-2-3-7-12-30-26(35)10-14-37-16-18-39-20-21-40-19-17-38-15-13-31-25(34)9-5-4-8-24-27-23(22-41-24)32-28(36)33-27/h23-24,27H,1-22H2,(H,30,35)(H,31,34)(H2,32,33,36). The first-order valence-corrected chi connectivity index (χ1v) is 16.1. The third-order valence-electron chi connectivity index (χ3n) is 6.80. The molecule has 2 aliphatic heterocycles. The van der Waals surface area contributed by atoms with Gasteiger partial charge in [-0.15, -0.1) is 0 Å². The fourth-order valence-electron chi connectivity index (χ4n) is 4.57. The van der Waals surface area contributed by atoms with Crippen molar-refractivity contribution in [2.45, 2.75) is 75.1 Å². The van der Waals surface area contributed by atoms with Gasteiger partial charge in [-0.3, -0.25) is 9.59 Å². The SMILES string of the molecule is C=NCCCCCCNC(=O)CCOCCOCCOCCOCCNC(=O)CCCCC1SCC2NC(=O)NC21. The molecule has 0 aromatic carbocycles. The minimum atomic E-state index is -0.0596. The summed E-state index contributed by atoms with van der Waals surface area (Å²) < 4.78 is 21.8. The molecule has 41 heavy (non-hydrogen) atoms. The zero-order valence-corrected chi connectivity index (χ0v) is 25.3. The molecule has 0 aromatic rings. The summed E-state index contributed by atoms with van der Waals surface area (Å²) in [5, 5.41) is 12.2. The average molecular weight is 602 g/mol. The van der Waals surface area contributed by atoms with E-state index in [4.69, 9.17) is 18.9 Å². The number of fused-ring (bicyclic) bond motifs is 1. The summed E-state index contributed by atoms with van der Waals surface area (Å²) in [6.45, 7) is 9.05. The van der Waals surface area contributed by atoms with E-state index in [1.54, 1.807) is 0 Å². The molecular weight excluding hydrogens is 550 g/mol. The third kappa shape index (κ3) is 17.6. The summed E-state index contributed by atoms with van der Waals surface area (Å²) in [5.74, 6) is 1.02. The normalized spacial score (nSPS) is 19.4. The summed E-state index contributed by atoms with van der Waals surface area (Å²) in [5.41, 5.74) is 0. The Bertz CT molecular complexity index is 749. The Morgan fingerprint density at radius 2 is 1.41 bits per heavy atom. The maximum absolute atomic E-state index is 12.0.